The molecular formula is C27H29F6N3O3. The Morgan fingerprint density at radius 3 is 2.18 bits per heavy atom. The van der Waals surface area contributed by atoms with Crippen molar-refractivity contribution < 1.29 is 40.7 Å². The molecule has 0 spiro atoms. The van der Waals surface area contributed by atoms with Gasteiger partial charge in [-0.15, -0.1) is 0 Å². The monoisotopic (exact) mass is 557 g/mol. The maximum Gasteiger partial charge on any atom is 0.416 e. The lowest BCUT2D eigenvalue weighted by Crippen LogP contribution is -2.40. The summed E-state index contributed by atoms with van der Waals surface area (Å²) in [7, 11) is 0. The largest absolute Gasteiger partial charge is 0.445 e. The molecule has 12 heteroatoms. The number of likely N-dealkylation sites (tertiary alicyclic amines) is 2. The van der Waals surface area contributed by atoms with Crippen LogP contribution < -0.4 is 5.32 Å². The van der Waals surface area contributed by atoms with Gasteiger partial charge in [0.2, 0.25) is 0 Å². The lowest BCUT2D eigenvalue weighted by atomic mass is 10.0. The van der Waals surface area contributed by atoms with Gasteiger partial charge in [0.15, 0.2) is 0 Å². The SMILES string of the molecule is O=C(N[C@@H]1CCN([C@H]2CCCN(C(=O)OCc3ccccc3)CC2)C1)c1cc(C(F)(F)F)cc(C(F)(F)F)c1. The van der Waals surface area contributed by atoms with E-state index in [1.165, 1.54) is 0 Å². The van der Waals surface area contributed by atoms with Gasteiger partial charge in [0.05, 0.1) is 11.1 Å². The Labute approximate surface area is 221 Å². The topological polar surface area (TPSA) is 61.9 Å². The molecule has 1 N–H and O–H groups in total. The highest BCUT2D eigenvalue weighted by Crippen LogP contribution is 2.36. The van der Waals surface area contributed by atoms with Gasteiger partial charge < -0.3 is 15.0 Å². The minimum absolute atomic E-state index is 0.000878. The molecule has 2 amide bonds. The van der Waals surface area contributed by atoms with E-state index in [1.54, 1.807) is 4.90 Å². The Morgan fingerprint density at radius 1 is 0.872 bits per heavy atom. The molecule has 2 aromatic rings. The van der Waals surface area contributed by atoms with Gasteiger partial charge in [-0.2, -0.15) is 26.3 Å². The van der Waals surface area contributed by atoms with E-state index in [4.69, 9.17) is 4.74 Å². The van der Waals surface area contributed by atoms with Crippen LogP contribution in [0.2, 0.25) is 0 Å². The molecule has 2 aliphatic rings. The van der Waals surface area contributed by atoms with E-state index >= 15 is 0 Å². The quantitative estimate of drug-likeness (QED) is 0.478. The number of carbonyl (C=O) groups is 2. The van der Waals surface area contributed by atoms with E-state index in [1.807, 2.05) is 30.3 Å². The van der Waals surface area contributed by atoms with Gasteiger partial charge in [-0.3, -0.25) is 9.69 Å². The number of carbonyl (C=O) groups excluding carboxylic acids is 2. The number of hydrogen-bond acceptors (Lipinski definition) is 4. The third-order valence-electron chi connectivity index (χ3n) is 7.08. The fraction of sp³-hybridized carbons (Fsp3) is 0.481. The minimum Gasteiger partial charge on any atom is -0.445 e. The van der Waals surface area contributed by atoms with Crippen molar-refractivity contribution in [2.75, 3.05) is 26.2 Å². The van der Waals surface area contributed by atoms with Gasteiger partial charge in [0, 0.05) is 43.8 Å². The zero-order chi connectivity index (χ0) is 28.2. The first-order valence-electron chi connectivity index (χ1n) is 12.7. The van der Waals surface area contributed by atoms with Gasteiger partial charge in [-0.05, 0) is 49.4 Å². The maximum atomic E-state index is 13.2. The van der Waals surface area contributed by atoms with Crippen molar-refractivity contribution >= 4 is 12.0 Å². The second-order valence-electron chi connectivity index (χ2n) is 9.86. The Balaban J connectivity index is 1.31. The summed E-state index contributed by atoms with van der Waals surface area (Å²) in [5, 5.41) is 2.60. The summed E-state index contributed by atoms with van der Waals surface area (Å²) in [4.78, 5) is 29.0. The second kappa shape index (κ2) is 11.8. The number of nitrogens with zero attached hydrogens (tertiary/aromatic N) is 2. The molecular weight excluding hydrogens is 528 g/mol. The summed E-state index contributed by atoms with van der Waals surface area (Å²) < 4.78 is 84.4. The molecule has 0 unspecified atom stereocenters. The molecule has 2 aromatic carbocycles. The number of amides is 2. The molecule has 0 saturated carbocycles. The fourth-order valence-corrected chi connectivity index (χ4v) is 5.03. The van der Waals surface area contributed by atoms with Crippen LogP contribution in [0.3, 0.4) is 0 Å². The first kappa shape index (κ1) is 28.7. The van der Waals surface area contributed by atoms with Crippen molar-refractivity contribution in [2.24, 2.45) is 0 Å². The molecule has 2 saturated heterocycles. The van der Waals surface area contributed by atoms with Crippen LogP contribution in [0.4, 0.5) is 31.1 Å². The predicted octanol–water partition coefficient (Wildman–Crippen LogP) is 5.72. The maximum absolute atomic E-state index is 13.2. The summed E-state index contributed by atoms with van der Waals surface area (Å²) in [6, 6.07) is 9.94. The first-order chi connectivity index (χ1) is 18.4. The Morgan fingerprint density at radius 2 is 1.54 bits per heavy atom. The molecule has 0 aromatic heterocycles. The normalized spacial score (nSPS) is 20.9. The van der Waals surface area contributed by atoms with Gasteiger partial charge in [-0.1, -0.05) is 30.3 Å². The number of alkyl halides is 6. The highest BCUT2D eigenvalue weighted by Gasteiger charge is 2.38. The molecule has 0 radical (unpaired) electrons. The highest BCUT2D eigenvalue weighted by atomic mass is 19.4. The Bertz CT molecular complexity index is 1120. The minimum atomic E-state index is -5.03. The number of ether oxygens (including phenoxy) is 1. The van der Waals surface area contributed by atoms with Crippen molar-refractivity contribution in [1.29, 1.82) is 0 Å². The van der Waals surface area contributed by atoms with Crippen LogP contribution in [0.1, 0.15) is 52.7 Å². The summed E-state index contributed by atoms with van der Waals surface area (Å²) in [5.41, 5.74) is -2.85. The molecule has 2 atom stereocenters. The summed E-state index contributed by atoms with van der Waals surface area (Å²) in [5.74, 6) is -0.980. The van der Waals surface area contributed by atoms with E-state index in [9.17, 15) is 35.9 Å². The average molecular weight is 558 g/mol. The average Bonchev–Trinajstić information content (AvgIpc) is 3.21. The molecule has 2 aliphatic heterocycles. The lowest BCUT2D eigenvalue weighted by molar-refractivity contribution is -0.143. The van der Waals surface area contributed by atoms with Crippen molar-refractivity contribution in [2.45, 2.75) is 56.7 Å². The van der Waals surface area contributed by atoms with Crippen LogP contribution in [0.5, 0.6) is 0 Å². The molecule has 4 rings (SSSR count). The van der Waals surface area contributed by atoms with E-state index in [0.717, 1.165) is 18.4 Å². The molecule has 39 heavy (non-hydrogen) atoms. The van der Waals surface area contributed by atoms with Crippen molar-refractivity contribution in [1.82, 2.24) is 15.1 Å². The zero-order valence-corrected chi connectivity index (χ0v) is 21.0. The van der Waals surface area contributed by atoms with Crippen LogP contribution in [0, 0.1) is 0 Å². The first-order valence-corrected chi connectivity index (χ1v) is 12.7. The summed E-state index contributed by atoms with van der Waals surface area (Å²) >= 11 is 0. The van der Waals surface area contributed by atoms with Crippen molar-refractivity contribution in [3.05, 3.63) is 70.8 Å². The molecule has 6 nitrogen and oxygen atoms in total. The number of hydrogen-bond donors (Lipinski definition) is 1. The molecule has 2 fully saturated rings. The summed E-state index contributed by atoms with van der Waals surface area (Å²) in [6.07, 6.45) is -7.68. The van der Waals surface area contributed by atoms with Gasteiger partial charge in [0.1, 0.15) is 6.61 Å². The van der Waals surface area contributed by atoms with Gasteiger partial charge in [-0.25, -0.2) is 4.79 Å². The molecule has 212 valence electrons. The van der Waals surface area contributed by atoms with Crippen LogP contribution >= 0.6 is 0 Å². The number of nitrogens with one attached hydrogen (secondary N) is 1. The Hall–Kier alpha value is -3.28. The van der Waals surface area contributed by atoms with Crippen LogP contribution in [-0.4, -0.2) is 60.1 Å². The Kier molecular flexibility index (Phi) is 8.73. The standard InChI is InChI=1S/C27H29F6N3O3/c28-26(29,30)20-13-19(14-21(15-20)27(31,32)33)24(37)34-22-8-11-36(16-22)23-7-4-10-35(12-9-23)25(38)39-17-18-5-2-1-3-6-18/h1-3,5-6,13-15,22-23H,4,7-12,16-17H2,(H,34,37)/t22-,23+/m1/s1. The van der Waals surface area contributed by atoms with E-state index in [0.29, 0.717) is 51.2 Å². The molecule has 2 heterocycles. The number of rotatable bonds is 5. The van der Waals surface area contributed by atoms with Crippen LogP contribution in [-0.2, 0) is 23.7 Å². The van der Waals surface area contributed by atoms with Crippen LogP contribution in [0.15, 0.2) is 48.5 Å². The third kappa shape index (κ3) is 7.65. The van der Waals surface area contributed by atoms with Crippen LogP contribution in [0.25, 0.3) is 0 Å². The molecule has 0 aliphatic carbocycles. The predicted molar refractivity (Wildman–Crippen MR) is 130 cm³/mol. The number of halogens is 6. The fourth-order valence-electron chi connectivity index (χ4n) is 5.03. The number of benzene rings is 2. The van der Waals surface area contributed by atoms with Gasteiger partial charge in [0.25, 0.3) is 5.91 Å². The smallest absolute Gasteiger partial charge is 0.416 e. The van der Waals surface area contributed by atoms with Gasteiger partial charge >= 0.3 is 18.4 Å². The third-order valence-corrected chi connectivity index (χ3v) is 7.08. The van der Waals surface area contributed by atoms with Crippen molar-refractivity contribution in [3.8, 4) is 0 Å². The lowest BCUT2D eigenvalue weighted by Gasteiger charge is -2.27. The van der Waals surface area contributed by atoms with E-state index in [-0.39, 0.29) is 24.8 Å². The summed E-state index contributed by atoms with van der Waals surface area (Å²) in [6.45, 7) is 2.26. The van der Waals surface area contributed by atoms with E-state index < -0.39 is 41.0 Å². The zero-order valence-electron chi connectivity index (χ0n) is 21.0. The molecule has 0 bridgehead atoms. The highest BCUT2D eigenvalue weighted by molar-refractivity contribution is 5.95. The van der Waals surface area contributed by atoms with E-state index in [2.05, 4.69) is 10.2 Å². The second-order valence-corrected chi connectivity index (χ2v) is 9.86. The van der Waals surface area contributed by atoms with Crippen molar-refractivity contribution in [3.63, 3.8) is 0 Å².